The van der Waals surface area contributed by atoms with E-state index in [4.69, 9.17) is 10.8 Å². The molecule has 0 radical (unpaired) electrons. The summed E-state index contributed by atoms with van der Waals surface area (Å²) in [5, 5.41) is 34.5. The lowest BCUT2D eigenvalue weighted by Crippen LogP contribution is -2.60. The van der Waals surface area contributed by atoms with Crippen LogP contribution in [-0.2, 0) is 28.8 Å². The standard InChI is InChI=1S/C23H39N5O9/c1-11(2)8-13(24)19(32)25-14(9-17(30)31)20(33)27-18(12(3)4)22(35)28-7-5-6-16(28)21(34)26-15(10-29)23(36)37/h11-16,18,29H,5-10,24H2,1-4H3,(H,25,32)(H,26,34)(H,27,33)(H,30,31)(H,36,37)/t13-,14-,15-,16-,18-/m0/s1. The Balaban J connectivity index is 3.03. The number of aliphatic hydroxyl groups is 1. The van der Waals surface area contributed by atoms with Gasteiger partial charge in [-0.1, -0.05) is 27.7 Å². The van der Waals surface area contributed by atoms with Crippen LogP contribution in [0.15, 0.2) is 0 Å². The first kappa shape index (κ1) is 31.8. The van der Waals surface area contributed by atoms with Crippen molar-refractivity contribution in [3.8, 4) is 0 Å². The van der Waals surface area contributed by atoms with E-state index in [2.05, 4.69) is 16.0 Å². The molecule has 0 aromatic carbocycles. The van der Waals surface area contributed by atoms with E-state index in [0.717, 1.165) is 0 Å². The van der Waals surface area contributed by atoms with Crippen molar-refractivity contribution in [2.75, 3.05) is 13.2 Å². The molecule has 1 aliphatic rings. The van der Waals surface area contributed by atoms with Crippen LogP contribution in [-0.4, -0.2) is 99.1 Å². The Hall–Kier alpha value is -3.26. The van der Waals surface area contributed by atoms with Gasteiger partial charge in [0.1, 0.15) is 24.2 Å². The number of rotatable bonds is 14. The summed E-state index contributed by atoms with van der Waals surface area (Å²) < 4.78 is 0. The van der Waals surface area contributed by atoms with Crippen LogP contribution in [0, 0.1) is 11.8 Å². The fourth-order valence-electron chi connectivity index (χ4n) is 3.98. The van der Waals surface area contributed by atoms with Crippen molar-refractivity contribution in [1.29, 1.82) is 0 Å². The van der Waals surface area contributed by atoms with Crippen molar-refractivity contribution in [2.24, 2.45) is 17.6 Å². The number of nitrogens with two attached hydrogens (primary N) is 1. The molecule has 37 heavy (non-hydrogen) atoms. The summed E-state index contributed by atoms with van der Waals surface area (Å²) in [4.78, 5) is 75.1. The van der Waals surface area contributed by atoms with E-state index in [0.29, 0.717) is 12.8 Å². The number of nitrogens with one attached hydrogen (secondary N) is 3. The number of carboxylic acids is 2. The third kappa shape index (κ3) is 9.61. The largest absolute Gasteiger partial charge is 0.481 e. The van der Waals surface area contributed by atoms with E-state index in [1.54, 1.807) is 13.8 Å². The second-order valence-electron chi connectivity index (χ2n) is 9.90. The highest BCUT2D eigenvalue weighted by Crippen LogP contribution is 2.21. The molecule has 14 nitrogen and oxygen atoms in total. The molecule has 1 rings (SSSR count). The van der Waals surface area contributed by atoms with E-state index in [1.807, 2.05) is 13.8 Å². The van der Waals surface area contributed by atoms with Crippen LogP contribution in [0.2, 0.25) is 0 Å². The zero-order valence-corrected chi connectivity index (χ0v) is 21.6. The van der Waals surface area contributed by atoms with Crippen molar-refractivity contribution >= 4 is 35.6 Å². The molecule has 0 aromatic heterocycles. The molecule has 8 N–H and O–H groups in total. The summed E-state index contributed by atoms with van der Waals surface area (Å²) in [5.74, 6) is -6.14. The summed E-state index contributed by atoms with van der Waals surface area (Å²) in [6, 6.07) is -6.15. The summed E-state index contributed by atoms with van der Waals surface area (Å²) in [5.41, 5.74) is 5.84. The monoisotopic (exact) mass is 529 g/mol. The molecule has 0 bridgehead atoms. The van der Waals surface area contributed by atoms with Crippen LogP contribution in [0.25, 0.3) is 0 Å². The maximum Gasteiger partial charge on any atom is 0.328 e. The van der Waals surface area contributed by atoms with Crippen molar-refractivity contribution in [3.63, 3.8) is 0 Å². The molecule has 0 unspecified atom stereocenters. The van der Waals surface area contributed by atoms with Crippen LogP contribution < -0.4 is 21.7 Å². The number of likely N-dealkylation sites (tertiary alicyclic amines) is 1. The van der Waals surface area contributed by atoms with Crippen molar-refractivity contribution in [1.82, 2.24) is 20.9 Å². The van der Waals surface area contributed by atoms with Gasteiger partial charge in [0.2, 0.25) is 23.6 Å². The topological polar surface area (TPSA) is 228 Å². The Bertz CT molecular complexity index is 864. The molecule has 0 saturated carbocycles. The zero-order chi connectivity index (χ0) is 28.4. The van der Waals surface area contributed by atoms with Gasteiger partial charge in [0.15, 0.2) is 0 Å². The number of hydrogen-bond donors (Lipinski definition) is 7. The van der Waals surface area contributed by atoms with Gasteiger partial charge < -0.3 is 41.9 Å². The van der Waals surface area contributed by atoms with Crippen molar-refractivity contribution in [2.45, 2.75) is 83.6 Å². The predicted molar refractivity (Wildman–Crippen MR) is 130 cm³/mol. The first-order valence-corrected chi connectivity index (χ1v) is 12.2. The molecule has 1 fully saturated rings. The average Bonchev–Trinajstić information content (AvgIpc) is 3.28. The number of nitrogens with zero attached hydrogens (tertiary/aromatic N) is 1. The Labute approximate surface area is 215 Å². The molecule has 14 heteroatoms. The van der Waals surface area contributed by atoms with Gasteiger partial charge >= 0.3 is 11.9 Å². The van der Waals surface area contributed by atoms with Crippen LogP contribution in [0.3, 0.4) is 0 Å². The molecular formula is C23H39N5O9. The zero-order valence-electron chi connectivity index (χ0n) is 21.6. The Kier molecular flexibility index (Phi) is 12.4. The summed E-state index contributed by atoms with van der Waals surface area (Å²) in [7, 11) is 0. The maximum absolute atomic E-state index is 13.4. The molecule has 210 valence electrons. The van der Waals surface area contributed by atoms with E-state index < -0.39 is 84.7 Å². The first-order valence-electron chi connectivity index (χ1n) is 12.2. The van der Waals surface area contributed by atoms with Crippen LogP contribution >= 0.6 is 0 Å². The molecule has 1 heterocycles. The number of hydrogen-bond acceptors (Lipinski definition) is 8. The predicted octanol–water partition coefficient (Wildman–Crippen LogP) is -1.99. The number of carboxylic acid groups (broad SMARTS) is 2. The molecule has 0 spiro atoms. The Morgan fingerprint density at radius 3 is 2.05 bits per heavy atom. The Morgan fingerprint density at radius 1 is 0.946 bits per heavy atom. The fraction of sp³-hybridized carbons (Fsp3) is 0.739. The van der Waals surface area contributed by atoms with Gasteiger partial charge in [0.25, 0.3) is 0 Å². The highest BCUT2D eigenvalue weighted by molar-refractivity contribution is 5.96. The van der Waals surface area contributed by atoms with Crippen molar-refractivity contribution < 1.29 is 44.1 Å². The minimum Gasteiger partial charge on any atom is -0.481 e. The van der Waals surface area contributed by atoms with Gasteiger partial charge in [-0.25, -0.2) is 4.79 Å². The van der Waals surface area contributed by atoms with Gasteiger partial charge in [-0.3, -0.25) is 24.0 Å². The minimum atomic E-state index is -1.53. The first-order chi connectivity index (χ1) is 17.2. The summed E-state index contributed by atoms with van der Waals surface area (Å²) in [6.45, 7) is 6.33. The normalized spacial score (nSPS) is 18.6. The van der Waals surface area contributed by atoms with Crippen LogP contribution in [0.1, 0.15) is 53.4 Å². The molecular weight excluding hydrogens is 490 g/mol. The molecule has 4 amide bonds. The van der Waals surface area contributed by atoms with E-state index in [-0.39, 0.29) is 18.9 Å². The highest BCUT2D eigenvalue weighted by Gasteiger charge is 2.40. The summed E-state index contributed by atoms with van der Waals surface area (Å²) in [6.07, 6.45) is 0.277. The second kappa shape index (κ2) is 14.5. The molecule has 5 atom stereocenters. The fourth-order valence-corrected chi connectivity index (χ4v) is 3.98. The lowest BCUT2D eigenvalue weighted by atomic mass is 10.0. The lowest BCUT2D eigenvalue weighted by molar-refractivity contribution is -0.146. The minimum absolute atomic E-state index is 0.0872. The van der Waals surface area contributed by atoms with Crippen LogP contribution in [0.5, 0.6) is 0 Å². The molecule has 0 aromatic rings. The smallest absolute Gasteiger partial charge is 0.328 e. The number of amides is 4. The Morgan fingerprint density at radius 2 is 1.57 bits per heavy atom. The SMILES string of the molecule is CC(C)C[C@H](N)C(=O)N[C@@H](CC(=O)O)C(=O)N[C@H](C(=O)N1CCC[C@H]1C(=O)N[C@@H](CO)C(=O)O)C(C)C. The molecule has 1 saturated heterocycles. The van der Waals surface area contributed by atoms with Gasteiger partial charge in [0, 0.05) is 6.54 Å². The van der Waals surface area contributed by atoms with Crippen LogP contribution in [0.4, 0.5) is 0 Å². The van der Waals surface area contributed by atoms with E-state index in [9.17, 15) is 39.0 Å². The number of aliphatic hydroxyl groups excluding tert-OH is 1. The third-order valence-electron chi connectivity index (χ3n) is 5.94. The molecule has 0 aliphatic carbocycles. The maximum atomic E-state index is 13.4. The quantitative estimate of drug-likeness (QED) is 0.131. The van der Waals surface area contributed by atoms with Gasteiger partial charge in [0.05, 0.1) is 19.1 Å². The van der Waals surface area contributed by atoms with Gasteiger partial charge in [-0.15, -0.1) is 0 Å². The van der Waals surface area contributed by atoms with E-state index >= 15 is 0 Å². The number of aliphatic carboxylic acids is 2. The van der Waals surface area contributed by atoms with Crippen molar-refractivity contribution in [3.05, 3.63) is 0 Å². The lowest BCUT2D eigenvalue weighted by Gasteiger charge is -2.31. The van der Waals surface area contributed by atoms with E-state index in [1.165, 1.54) is 4.90 Å². The second-order valence-corrected chi connectivity index (χ2v) is 9.90. The number of carbonyl (C=O) groups is 6. The molecule has 1 aliphatic heterocycles. The average molecular weight is 530 g/mol. The highest BCUT2D eigenvalue weighted by atomic mass is 16.4. The van der Waals surface area contributed by atoms with Gasteiger partial charge in [-0.05, 0) is 31.1 Å². The number of carbonyl (C=O) groups excluding carboxylic acids is 4. The van der Waals surface area contributed by atoms with Gasteiger partial charge in [-0.2, -0.15) is 0 Å². The summed E-state index contributed by atoms with van der Waals surface area (Å²) >= 11 is 0. The third-order valence-corrected chi connectivity index (χ3v) is 5.94.